The number of hydrogen-bond donors (Lipinski definition) is 2. The number of aryl methyl sites for hydroxylation is 2. The molecule has 2 N–H and O–H groups in total. The number of fused-ring (bicyclic) bond motifs is 1. The Balaban J connectivity index is 1.68. The van der Waals surface area contributed by atoms with Crippen LogP contribution in [0.1, 0.15) is 22.5 Å². The topological polar surface area (TPSA) is 69.5 Å². The number of aliphatic imine (C=N–C) groups is 1. The number of aromatic nitrogens is 2. The average molecular weight is 325 g/mol. The molecule has 6 heteroatoms. The highest BCUT2D eigenvalue weighted by Gasteiger charge is 2.09. The van der Waals surface area contributed by atoms with Crippen molar-refractivity contribution in [1.29, 1.82) is 0 Å². The highest BCUT2D eigenvalue weighted by atomic mass is 16.5. The van der Waals surface area contributed by atoms with E-state index in [1.807, 2.05) is 18.0 Å². The molecule has 3 rings (SSSR count). The molecule has 0 aliphatic carbocycles. The van der Waals surface area contributed by atoms with Gasteiger partial charge in [-0.15, -0.1) is 0 Å². The summed E-state index contributed by atoms with van der Waals surface area (Å²) in [6, 6.07) is 8.35. The highest BCUT2D eigenvalue weighted by molar-refractivity contribution is 5.85. The SMILES string of the molecule is CN=C(NCc1ccc2[nH]c(C)c(C)c2c1)N(C)Cc1ccon1. The Morgan fingerprint density at radius 2 is 2.17 bits per heavy atom. The molecule has 1 aromatic carbocycles. The van der Waals surface area contributed by atoms with Gasteiger partial charge in [-0.3, -0.25) is 4.99 Å². The van der Waals surface area contributed by atoms with Crippen molar-refractivity contribution in [1.82, 2.24) is 20.4 Å². The van der Waals surface area contributed by atoms with E-state index in [-0.39, 0.29) is 0 Å². The molecule has 126 valence electrons. The number of aromatic amines is 1. The van der Waals surface area contributed by atoms with Crippen molar-refractivity contribution in [3.05, 3.63) is 53.0 Å². The second-order valence-corrected chi connectivity index (χ2v) is 6.00. The van der Waals surface area contributed by atoms with E-state index in [1.54, 1.807) is 13.3 Å². The second kappa shape index (κ2) is 6.78. The monoisotopic (exact) mass is 325 g/mol. The fourth-order valence-electron chi connectivity index (χ4n) is 2.82. The van der Waals surface area contributed by atoms with Crippen LogP contribution in [-0.4, -0.2) is 35.1 Å². The van der Waals surface area contributed by atoms with Gasteiger partial charge < -0.3 is 19.7 Å². The minimum Gasteiger partial charge on any atom is -0.364 e. The molecule has 0 saturated carbocycles. The first-order valence-electron chi connectivity index (χ1n) is 7.97. The number of guanidine groups is 1. The summed E-state index contributed by atoms with van der Waals surface area (Å²) in [6.45, 7) is 5.62. The van der Waals surface area contributed by atoms with E-state index in [4.69, 9.17) is 4.52 Å². The van der Waals surface area contributed by atoms with Gasteiger partial charge in [0.05, 0.1) is 6.54 Å². The molecule has 0 amide bonds. The van der Waals surface area contributed by atoms with Gasteiger partial charge in [0.15, 0.2) is 5.96 Å². The van der Waals surface area contributed by atoms with Gasteiger partial charge in [-0.2, -0.15) is 0 Å². The van der Waals surface area contributed by atoms with Crippen molar-refractivity contribution in [3.63, 3.8) is 0 Å². The van der Waals surface area contributed by atoms with E-state index >= 15 is 0 Å². The fourth-order valence-corrected chi connectivity index (χ4v) is 2.82. The van der Waals surface area contributed by atoms with Crippen LogP contribution in [0.15, 0.2) is 40.0 Å². The van der Waals surface area contributed by atoms with Crippen LogP contribution in [0.2, 0.25) is 0 Å². The standard InChI is InChI=1S/C18H23N5O/c1-12-13(2)21-17-6-5-14(9-16(12)17)10-20-18(19-3)23(4)11-15-7-8-24-22-15/h5-9,21H,10-11H2,1-4H3,(H,19,20). The summed E-state index contributed by atoms with van der Waals surface area (Å²) in [4.78, 5) is 9.76. The molecule has 0 unspecified atom stereocenters. The van der Waals surface area contributed by atoms with E-state index in [1.165, 1.54) is 27.7 Å². The number of rotatable bonds is 4. The van der Waals surface area contributed by atoms with Crippen molar-refractivity contribution in [2.24, 2.45) is 4.99 Å². The Hall–Kier alpha value is -2.76. The number of H-pyrrole nitrogens is 1. The lowest BCUT2D eigenvalue weighted by molar-refractivity contribution is 0.391. The van der Waals surface area contributed by atoms with Gasteiger partial charge in [-0.1, -0.05) is 11.2 Å². The van der Waals surface area contributed by atoms with Gasteiger partial charge >= 0.3 is 0 Å². The third-order valence-corrected chi connectivity index (χ3v) is 4.29. The molecular weight excluding hydrogens is 302 g/mol. The van der Waals surface area contributed by atoms with Gasteiger partial charge in [0.1, 0.15) is 12.0 Å². The third kappa shape index (κ3) is 3.27. The minimum absolute atomic E-state index is 0.644. The first-order chi connectivity index (χ1) is 11.6. The molecule has 0 saturated heterocycles. The molecule has 0 bridgehead atoms. The largest absolute Gasteiger partial charge is 0.364 e. The number of hydrogen-bond acceptors (Lipinski definition) is 3. The molecule has 0 radical (unpaired) electrons. The summed E-state index contributed by atoms with van der Waals surface area (Å²) in [5.74, 6) is 0.820. The Morgan fingerprint density at radius 1 is 1.33 bits per heavy atom. The van der Waals surface area contributed by atoms with Crippen LogP contribution in [0.25, 0.3) is 10.9 Å². The number of benzene rings is 1. The molecule has 2 heterocycles. The fraction of sp³-hybridized carbons (Fsp3) is 0.333. The van der Waals surface area contributed by atoms with Crippen LogP contribution in [0.3, 0.4) is 0 Å². The van der Waals surface area contributed by atoms with E-state index in [9.17, 15) is 0 Å². The lowest BCUT2D eigenvalue weighted by Gasteiger charge is -2.21. The van der Waals surface area contributed by atoms with Crippen LogP contribution in [0.5, 0.6) is 0 Å². The number of nitrogens with zero attached hydrogens (tertiary/aromatic N) is 3. The van der Waals surface area contributed by atoms with Gasteiger partial charge in [0.25, 0.3) is 0 Å². The maximum atomic E-state index is 4.87. The van der Waals surface area contributed by atoms with Crippen LogP contribution in [0, 0.1) is 13.8 Å². The molecular formula is C18H23N5O. The highest BCUT2D eigenvalue weighted by Crippen LogP contribution is 2.22. The minimum atomic E-state index is 0.644. The molecule has 3 aromatic rings. The van der Waals surface area contributed by atoms with Crippen molar-refractivity contribution >= 4 is 16.9 Å². The summed E-state index contributed by atoms with van der Waals surface area (Å²) < 4.78 is 4.87. The van der Waals surface area contributed by atoms with Crippen LogP contribution in [0.4, 0.5) is 0 Å². The first kappa shape index (κ1) is 16.1. The van der Waals surface area contributed by atoms with Gasteiger partial charge in [0, 0.05) is 43.3 Å². The summed E-state index contributed by atoms with van der Waals surface area (Å²) >= 11 is 0. The average Bonchev–Trinajstić information content (AvgIpc) is 3.17. The van der Waals surface area contributed by atoms with E-state index in [0.29, 0.717) is 6.54 Å². The molecule has 24 heavy (non-hydrogen) atoms. The van der Waals surface area contributed by atoms with Crippen LogP contribution < -0.4 is 5.32 Å². The first-order valence-corrected chi connectivity index (χ1v) is 7.97. The summed E-state index contributed by atoms with van der Waals surface area (Å²) in [5, 5.41) is 8.61. The summed E-state index contributed by atoms with van der Waals surface area (Å²) in [6.07, 6.45) is 1.58. The lowest BCUT2D eigenvalue weighted by atomic mass is 10.1. The molecule has 0 fully saturated rings. The van der Waals surface area contributed by atoms with E-state index in [0.717, 1.165) is 18.2 Å². The lowest BCUT2D eigenvalue weighted by Crippen LogP contribution is -2.38. The molecule has 0 spiro atoms. The molecule has 0 aliphatic rings. The van der Waals surface area contributed by atoms with Crippen LogP contribution >= 0.6 is 0 Å². The normalized spacial score (nSPS) is 11.9. The molecule has 2 aromatic heterocycles. The Bertz CT molecular complexity index is 848. The summed E-state index contributed by atoms with van der Waals surface area (Å²) in [7, 11) is 3.76. The zero-order chi connectivity index (χ0) is 17.1. The maximum Gasteiger partial charge on any atom is 0.194 e. The predicted octanol–water partition coefficient (Wildman–Crippen LogP) is 2.98. The van der Waals surface area contributed by atoms with Crippen molar-refractivity contribution in [2.45, 2.75) is 26.9 Å². The smallest absolute Gasteiger partial charge is 0.194 e. The molecule has 6 nitrogen and oxygen atoms in total. The third-order valence-electron chi connectivity index (χ3n) is 4.29. The van der Waals surface area contributed by atoms with E-state index in [2.05, 4.69) is 52.5 Å². The Kier molecular flexibility index (Phi) is 4.55. The molecule has 0 aliphatic heterocycles. The van der Waals surface area contributed by atoms with Crippen molar-refractivity contribution in [3.8, 4) is 0 Å². The Morgan fingerprint density at radius 3 is 2.88 bits per heavy atom. The Labute approximate surface area is 141 Å². The van der Waals surface area contributed by atoms with Gasteiger partial charge in [-0.25, -0.2) is 0 Å². The maximum absolute atomic E-state index is 4.87. The zero-order valence-corrected chi connectivity index (χ0v) is 14.6. The second-order valence-electron chi connectivity index (χ2n) is 6.00. The predicted molar refractivity (Wildman–Crippen MR) is 95.9 cm³/mol. The van der Waals surface area contributed by atoms with Crippen molar-refractivity contribution < 1.29 is 4.52 Å². The number of nitrogens with one attached hydrogen (secondary N) is 2. The van der Waals surface area contributed by atoms with Gasteiger partial charge in [-0.05, 0) is 37.1 Å². The zero-order valence-electron chi connectivity index (χ0n) is 14.6. The van der Waals surface area contributed by atoms with Gasteiger partial charge in [0.2, 0.25) is 0 Å². The van der Waals surface area contributed by atoms with Crippen molar-refractivity contribution in [2.75, 3.05) is 14.1 Å². The van der Waals surface area contributed by atoms with E-state index < -0.39 is 0 Å². The quantitative estimate of drug-likeness (QED) is 0.571. The molecule has 0 atom stereocenters. The summed E-state index contributed by atoms with van der Waals surface area (Å²) in [5.41, 5.74) is 5.81. The van der Waals surface area contributed by atoms with Crippen LogP contribution in [-0.2, 0) is 13.1 Å².